The molecule has 0 fully saturated rings. The molecule has 1 rings (SSSR count). The van der Waals surface area contributed by atoms with Crippen LogP contribution in [0, 0.1) is 11.8 Å². The van der Waals surface area contributed by atoms with Gasteiger partial charge in [0.2, 0.25) is 5.88 Å². The summed E-state index contributed by atoms with van der Waals surface area (Å²) in [5.74, 6) is 5.01. The maximum Gasteiger partial charge on any atom is 0.269 e. The highest BCUT2D eigenvalue weighted by molar-refractivity contribution is 6.42. The van der Waals surface area contributed by atoms with E-state index in [1.54, 1.807) is 31.2 Å². The van der Waals surface area contributed by atoms with E-state index in [0.717, 1.165) is 0 Å². The van der Waals surface area contributed by atoms with Gasteiger partial charge in [-0.2, -0.15) is 0 Å². The van der Waals surface area contributed by atoms with Crippen LogP contribution in [-0.2, 0) is 9.53 Å². The Bertz CT molecular complexity index is 667. The first-order valence-electron chi connectivity index (χ1n) is 6.46. The molecule has 0 aliphatic carbocycles. The molecule has 0 atom stereocenters. The Hall–Kier alpha value is -3.07. The average Bonchev–Trinajstić information content (AvgIpc) is 2.53. The molecule has 0 unspecified atom stereocenters. The van der Waals surface area contributed by atoms with E-state index in [1.165, 1.54) is 13.1 Å². The first-order valence-corrected chi connectivity index (χ1v) is 6.46. The van der Waals surface area contributed by atoms with Gasteiger partial charge >= 0.3 is 0 Å². The largest absolute Gasteiger partial charge is 0.465 e. The Kier molecular flexibility index (Phi) is 6.93. The molecule has 3 N–H and O–H groups in total. The molecule has 22 heavy (non-hydrogen) atoms. The van der Waals surface area contributed by atoms with Gasteiger partial charge in [-0.1, -0.05) is 18.1 Å². The minimum atomic E-state index is -0.402. The van der Waals surface area contributed by atoms with Crippen LogP contribution < -0.4 is 11.1 Å². The predicted octanol–water partition coefficient (Wildman–Crippen LogP) is 1.70. The third-order valence-electron chi connectivity index (χ3n) is 2.48. The Balaban J connectivity index is 2.66. The second-order valence-corrected chi connectivity index (χ2v) is 4.16. The summed E-state index contributed by atoms with van der Waals surface area (Å²) in [5.41, 5.74) is 6.73. The maximum atomic E-state index is 11.9. The van der Waals surface area contributed by atoms with Gasteiger partial charge in [0.25, 0.3) is 5.91 Å². The van der Waals surface area contributed by atoms with Crippen LogP contribution in [0.15, 0.2) is 41.3 Å². The number of nitrogens with one attached hydrogen (secondary N) is 1. The molecule has 0 spiro atoms. The van der Waals surface area contributed by atoms with E-state index in [2.05, 4.69) is 22.2 Å². The Labute approximate surface area is 129 Å². The van der Waals surface area contributed by atoms with Crippen molar-refractivity contribution in [3.8, 4) is 11.8 Å². The molecular weight excluding hydrogens is 282 g/mol. The van der Waals surface area contributed by atoms with E-state index in [0.29, 0.717) is 17.5 Å². The summed E-state index contributed by atoms with van der Waals surface area (Å²) in [4.78, 5) is 26.5. The number of carbonyl (C=O) groups excluding carboxylic acids is 2. The van der Waals surface area contributed by atoms with Gasteiger partial charge in [-0.05, 0) is 26.0 Å². The number of amides is 1. The minimum Gasteiger partial charge on any atom is -0.465 e. The first kappa shape index (κ1) is 17.0. The number of ether oxygens (including phenoxy) is 1. The lowest BCUT2D eigenvalue weighted by molar-refractivity contribution is -0.110. The predicted molar refractivity (Wildman–Crippen MR) is 85.2 cm³/mol. The molecule has 0 aromatic heterocycles. The lowest BCUT2D eigenvalue weighted by atomic mass is 10.2. The standard InChI is InChI=1S/C16H17N3O3/c1-3-4-8-22-15(17)10-18-12(2)16(21)19-14-7-5-6-13(9-14)11-20/h5-7,9-11H,8,17H2,1-2H3,(H,19,21)/b15-10+,18-12+. The Morgan fingerprint density at radius 1 is 1.50 bits per heavy atom. The van der Waals surface area contributed by atoms with Crippen LogP contribution in [0.1, 0.15) is 24.2 Å². The zero-order valence-corrected chi connectivity index (χ0v) is 12.4. The summed E-state index contributed by atoms with van der Waals surface area (Å²) < 4.78 is 5.05. The van der Waals surface area contributed by atoms with Crippen molar-refractivity contribution in [3.05, 3.63) is 41.9 Å². The molecule has 0 radical (unpaired) electrons. The fraction of sp³-hybridized carbons (Fsp3) is 0.188. The minimum absolute atomic E-state index is 0.0675. The molecular formula is C16H17N3O3. The fourth-order valence-corrected chi connectivity index (χ4v) is 1.36. The second-order valence-electron chi connectivity index (χ2n) is 4.16. The van der Waals surface area contributed by atoms with Crippen LogP contribution in [0.3, 0.4) is 0 Å². The lowest BCUT2D eigenvalue weighted by Gasteiger charge is -2.05. The van der Waals surface area contributed by atoms with Crippen molar-refractivity contribution in [3.63, 3.8) is 0 Å². The van der Waals surface area contributed by atoms with Crippen molar-refractivity contribution in [2.24, 2.45) is 10.7 Å². The summed E-state index contributed by atoms with van der Waals surface area (Å²) in [7, 11) is 0. The molecule has 6 heteroatoms. The van der Waals surface area contributed by atoms with Gasteiger partial charge < -0.3 is 15.8 Å². The van der Waals surface area contributed by atoms with Crippen molar-refractivity contribution in [2.75, 3.05) is 11.9 Å². The molecule has 0 saturated heterocycles. The molecule has 1 amide bonds. The van der Waals surface area contributed by atoms with Crippen molar-refractivity contribution in [1.82, 2.24) is 0 Å². The van der Waals surface area contributed by atoms with Crippen molar-refractivity contribution < 1.29 is 14.3 Å². The van der Waals surface area contributed by atoms with Crippen LogP contribution in [0.4, 0.5) is 5.69 Å². The zero-order valence-electron chi connectivity index (χ0n) is 12.4. The average molecular weight is 299 g/mol. The number of hydrogen-bond donors (Lipinski definition) is 2. The zero-order chi connectivity index (χ0) is 16.4. The topological polar surface area (TPSA) is 93.8 Å². The van der Waals surface area contributed by atoms with Crippen molar-refractivity contribution >= 4 is 23.6 Å². The van der Waals surface area contributed by atoms with Gasteiger partial charge in [-0.15, -0.1) is 5.92 Å². The highest BCUT2D eigenvalue weighted by atomic mass is 16.5. The van der Waals surface area contributed by atoms with Crippen LogP contribution in [0.2, 0.25) is 0 Å². The molecule has 0 bridgehead atoms. The Morgan fingerprint density at radius 2 is 2.27 bits per heavy atom. The van der Waals surface area contributed by atoms with Crippen LogP contribution in [0.5, 0.6) is 0 Å². The third kappa shape index (κ3) is 5.92. The summed E-state index contributed by atoms with van der Waals surface area (Å²) in [6.07, 6.45) is 1.95. The van der Waals surface area contributed by atoms with Gasteiger partial charge in [0.05, 0.1) is 6.20 Å². The number of rotatable bonds is 6. The van der Waals surface area contributed by atoms with Gasteiger partial charge in [-0.25, -0.2) is 0 Å². The molecule has 0 aliphatic rings. The Morgan fingerprint density at radius 3 is 2.95 bits per heavy atom. The number of hydrogen-bond acceptors (Lipinski definition) is 5. The summed E-state index contributed by atoms with van der Waals surface area (Å²) >= 11 is 0. The van der Waals surface area contributed by atoms with Crippen LogP contribution >= 0.6 is 0 Å². The van der Waals surface area contributed by atoms with E-state index in [1.807, 2.05) is 0 Å². The van der Waals surface area contributed by atoms with E-state index >= 15 is 0 Å². The molecule has 0 aliphatic heterocycles. The molecule has 114 valence electrons. The molecule has 1 aromatic rings. The van der Waals surface area contributed by atoms with Gasteiger partial charge in [0.1, 0.15) is 12.0 Å². The number of nitrogens with zero attached hydrogens (tertiary/aromatic N) is 1. The first-order chi connectivity index (χ1) is 10.6. The number of nitrogens with two attached hydrogens (primary N) is 1. The quantitative estimate of drug-likeness (QED) is 0.362. The van der Waals surface area contributed by atoms with E-state index in [4.69, 9.17) is 10.5 Å². The highest BCUT2D eigenvalue weighted by Crippen LogP contribution is 2.09. The summed E-state index contributed by atoms with van der Waals surface area (Å²) in [6, 6.07) is 6.56. The smallest absolute Gasteiger partial charge is 0.269 e. The van der Waals surface area contributed by atoms with Crippen molar-refractivity contribution in [2.45, 2.75) is 13.8 Å². The summed E-state index contributed by atoms with van der Waals surface area (Å²) in [5, 5.41) is 2.63. The second kappa shape index (κ2) is 8.97. The van der Waals surface area contributed by atoms with Gasteiger partial charge in [0, 0.05) is 11.3 Å². The number of benzene rings is 1. The monoisotopic (exact) mass is 299 g/mol. The van der Waals surface area contributed by atoms with Gasteiger partial charge in [-0.3, -0.25) is 14.6 Å². The van der Waals surface area contributed by atoms with E-state index < -0.39 is 5.91 Å². The number of carbonyl (C=O) groups is 2. The van der Waals surface area contributed by atoms with E-state index in [-0.39, 0.29) is 18.2 Å². The number of anilines is 1. The number of aliphatic imine (C=N–C) groups is 1. The molecule has 0 heterocycles. The van der Waals surface area contributed by atoms with Crippen LogP contribution in [-0.4, -0.2) is 24.5 Å². The summed E-state index contributed by atoms with van der Waals surface area (Å²) in [6.45, 7) is 3.39. The lowest BCUT2D eigenvalue weighted by Crippen LogP contribution is -2.20. The fourth-order valence-electron chi connectivity index (χ4n) is 1.36. The molecule has 1 aromatic carbocycles. The molecule has 6 nitrogen and oxygen atoms in total. The van der Waals surface area contributed by atoms with Gasteiger partial charge in [0.15, 0.2) is 6.61 Å². The third-order valence-corrected chi connectivity index (χ3v) is 2.48. The highest BCUT2D eigenvalue weighted by Gasteiger charge is 2.06. The molecule has 0 saturated carbocycles. The normalized spacial score (nSPS) is 11.2. The number of aldehydes is 1. The van der Waals surface area contributed by atoms with E-state index in [9.17, 15) is 9.59 Å². The van der Waals surface area contributed by atoms with Crippen LogP contribution in [0.25, 0.3) is 0 Å². The SMILES string of the molecule is CC#CCO/C(N)=C/N=C(\C)C(=O)Nc1cccc(C=O)c1. The van der Waals surface area contributed by atoms with Crippen molar-refractivity contribution in [1.29, 1.82) is 0 Å². The maximum absolute atomic E-state index is 11.9.